The molecule has 2 aromatic rings. The first-order valence-electron chi connectivity index (χ1n) is 9.07. The largest absolute Gasteiger partial charge is 0.453 e. The van der Waals surface area contributed by atoms with E-state index in [4.69, 9.17) is 9.41 Å². The van der Waals surface area contributed by atoms with E-state index in [1.807, 2.05) is 25.4 Å². The lowest BCUT2D eigenvalue weighted by molar-refractivity contribution is 0.300. The van der Waals surface area contributed by atoms with Crippen molar-refractivity contribution in [3.63, 3.8) is 0 Å². The maximum Gasteiger partial charge on any atom is 0.177 e. The summed E-state index contributed by atoms with van der Waals surface area (Å²) in [5, 5.41) is 0. The van der Waals surface area contributed by atoms with E-state index in [0.29, 0.717) is 0 Å². The van der Waals surface area contributed by atoms with E-state index in [0.717, 1.165) is 50.7 Å². The van der Waals surface area contributed by atoms with Gasteiger partial charge in [-0.3, -0.25) is 4.90 Å². The van der Waals surface area contributed by atoms with Crippen molar-refractivity contribution in [3.05, 3.63) is 70.8 Å². The first-order valence-corrected chi connectivity index (χ1v) is 9.07. The van der Waals surface area contributed by atoms with E-state index in [9.17, 15) is 0 Å². The van der Waals surface area contributed by atoms with Gasteiger partial charge in [-0.15, -0.1) is 0 Å². The summed E-state index contributed by atoms with van der Waals surface area (Å²) in [7, 11) is 0. The Morgan fingerprint density at radius 2 is 2.00 bits per heavy atom. The summed E-state index contributed by atoms with van der Waals surface area (Å²) >= 11 is 0. The Labute approximate surface area is 154 Å². The number of nitrogens with zero attached hydrogens (tertiary/aromatic N) is 3. The predicted octanol–water partition coefficient (Wildman–Crippen LogP) is 3.44. The molecule has 4 nitrogen and oxygen atoms in total. The number of furan rings is 1. The fourth-order valence-electron chi connectivity index (χ4n) is 3.41. The van der Waals surface area contributed by atoms with Gasteiger partial charge in [-0.05, 0) is 36.1 Å². The molecule has 0 fully saturated rings. The van der Waals surface area contributed by atoms with Gasteiger partial charge < -0.3 is 9.32 Å². The van der Waals surface area contributed by atoms with Crippen molar-refractivity contribution in [2.24, 2.45) is 4.99 Å². The van der Waals surface area contributed by atoms with Crippen LogP contribution in [0.25, 0.3) is 0 Å². The molecule has 2 aliphatic heterocycles. The van der Waals surface area contributed by atoms with Gasteiger partial charge in [-0.1, -0.05) is 36.3 Å². The molecule has 0 radical (unpaired) electrons. The molecule has 1 aromatic carbocycles. The van der Waals surface area contributed by atoms with Gasteiger partial charge in [-0.2, -0.15) is 0 Å². The maximum absolute atomic E-state index is 5.50. The van der Waals surface area contributed by atoms with Gasteiger partial charge in [0, 0.05) is 38.3 Å². The van der Waals surface area contributed by atoms with E-state index in [2.05, 4.69) is 52.0 Å². The molecular formula is C22H23N3O. The minimum atomic E-state index is 0.746. The predicted molar refractivity (Wildman–Crippen MR) is 104 cm³/mol. The zero-order valence-corrected chi connectivity index (χ0v) is 15.1. The Morgan fingerprint density at radius 3 is 2.81 bits per heavy atom. The van der Waals surface area contributed by atoms with Gasteiger partial charge in [0.2, 0.25) is 0 Å². The summed E-state index contributed by atoms with van der Waals surface area (Å²) < 4.78 is 5.50. The molecule has 0 spiro atoms. The molecule has 0 aliphatic carbocycles. The van der Waals surface area contributed by atoms with Crippen molar-refractivity contribution in [2.75, 3.05) is 26.2 Å². The first kappa shape index (κ1) is 16.7. The third-order valence-corrected chi connectivity index (χ3v) is 4.74. The highest BCUT2D eigenvalue weighted by atomic mass is 16.3. The van der Waals surface area contributed by atoms with Crippen LogP contribution in [0.3, 0.4) is 0 Å². The quantitative estimate of drug-likeness (QED) is 0.799. The van der Waals surface area contributed by atoms with Gasteiger partial charge in [0.1, 0.15) is 5.76 Å². The van der Waals surface area contributed by atoms with Gasteiger partial charge >= 0.3 is 0 Å². The standard InChI is InChI=1S/C22H23N3O/c1-18-9-10-21(26-18)8-5-12-24-13-11-22-20(15-24)16-25(17-23-22)14-19-6-3-2-4-7-19/h2-4,6-7,9-10,17H,11-16H2,1H3. The molecule has 0 atom stereocenters. The summed E-state index contributed by atoms with van der Waals surface area (Å²) in [5.41, 5.74) is 4.00. The van der Waals surface area contributed by atoms with Crippen molar-refractivity contribution in [3.8, 4) is 11.8 Å². The van der Waals surface area contributed by atoms with Gasteiger partial charge in [0.15, 0.2) is 5.76 Å². The minimum Gasteiger partial charge on any atom is -0.453 e. The third-order valence-electron chi connectivity index (χ3n) is 4.74. The second-order valence-corrected chi connectivity index (χ2v) is 6.86. The Morgan fingerprint density at radius 1 is 1.12 bits per heavy atom. The van der Waals surface area contributed by atoms with Crippen LogP contribution < -0.4 is 0 Å². The van der Waals surface area contributed by atoms with Crippen LogP contribution >= 0.6 is 0 Å². The fraction of sp³-hybridized carbons (Fsp3) is 0.318. The van der Waals surface area contributed by atoms with Crippen LogP contribution in [0.15, 0.2) is 63.1 Å². The highest BCUT2D eigenvalue weighted by Gasteiger charge is 2.22. The molecule has 0 bridgehead atoms. The molecule has 4 heteroatoms. The number of benzene rings is 1. The lowest BCUT2D eigenvalue weighted by Crippen LogP contribution is -2.38. The Bertz CT molecular complexity index is 883. The van der Waals surface area contributed by atoms with Gasteiger partial charge in [-0.25, -0.2) is 4.99 Å². The summed E-state index contributed by atoms with van der Waals surface area (Å²) in [4.78, 5) is 9.38. The molecule has 0 amide bonds. The molecule has 0 saturated heterocycles. The Kier molecular flexibility index (Phi) is 4.90. The summed E-state index contributed by atoms with van der Waals surface area (Å²) in [6, 6.07) is 14.4. The molecule has 4 rings (SSSR count). The van der Waals surface area contributed by atoms with Crippen molar-refractivity contribution in [1.29, 1.82) is 0 Å². The van der Waals surface area contributed by atoms with Crippen molar-refractivity contribution >= 4 is 6.34 Å². The second-order valence-electron chi connectivity index (χ2n) is 6.86. The topological polar surface area (TPSA) is 32.0 Å². The van der Waals surface area contributed by atoms with Crippen LogP contribution in [0.1, 0.15) is 23.5 Å². The molecule has 132 valence electrons. The number of aryl methyl sites for hydroxylation is 1. The molecule has 2 aliphatic rings. The summed E-state index contributed by atoms with van der Waals surface area (Å²) in [6.45, 7) is 6.52. The zero-order chi connectivity index (χ0) is 17.8. The molecule has 3 heterocycles. The Balaban J connectivity index is 1.34. The maximum atomic E-state index is 5.50. The third kappa shape index (κ3) is 4.07. The lowest BCUT2D eigenvalue weighted by Gasteiger charge is -2.33. The summed E-state index contributed by atoms with van der Waals surface area (Å²) in [6.07, 6.45) is 3.01. The van der Waals surface area contributed by atoms with Crippen molar-refractivity contribution in [2.45, 2.75) is 19.9 Å². The number of aliphatic imine (C=N–C) groups is 1. The second kappa shape index (κ2) is 7.63. The molecule has 1 aromatic heterocycles. The van der Waals surface area contributed by atoms with E-state index in [1.165, 1.54) is 16.8 Å². The summed E-state index contributed by atoms with van der Waals surface area (Å²) in [5.74, 6) is 8.00. The fourth-order valence-corrected chi connectivity index (χ4v) is 3.41. The van der Waals surface area contributed by atoms with Gasteiger partial charge in [0.05, 0.1) is 12.9 Å². The first-order chi connectivity index (χ1) is 12.8. The van der Waals surface area contributed by atoms with Crippen molar-refractivity contribution in [1.82, 2.24) is 9.80 Å². The van der Waals surface area contributed by atoms with Crippen LogP contribution in [0, 0.1) is 18.8 Å². The molecule has 0 unspecified atom stereocenters. The van der Waals surface area contributed by atoms with Crippen molar-refractivity contribution < 1.29 is 4.42 Å². The monoisotopic (exact) mass is 345 g/mol. The van der Waals surface area contributed by atoms with Crippen LogP contribution in [-0.4, -0.2) is 42.3 Å². The SMILES string of the molecule is Cc1ccc(C#CCN2CCC3=C(CN(Cc4ccccc4)C=N3)C2)o1. The normalized spacial score (nSPS) is 17.0. The molecular weight excluding hydrogens is 322 g/mol. The van der Waals surface area contributed by atoms with Gasteiger partial charge in [0.25, 0.3) is 0 Å². The minimum absolute atomic E-state index is 0.746. The highest BCUT2D eigenvalue weighted by molar-refractivity contribution is 5.60. The molecule has 0 N–H and O–H groups in total. The van der Waals surface area contributed by atoms with Crippen LogP contribution in [-0.2, 0) is 6.54 Å². The highest BCUT2D eigenvalue weighted by Crippen LogP contribution is 2.23. The lowest BCUT2D eigenvalue weighted by atomic mass is 10.0. The zero-order valence-electron chi connectivity index (χ0n) is 15.1. The molecule has 26 heavy (non-hydrogen) atoms. The van der Waals surface area contributed by atoms with E-state index in [1.54, 1.807) is 0 Å². The Hall–Kier alpha value is -2.77. The molecule has 0 saturated carbocycles. The average molecular weight is 345 g/mol. The van der Waals surface area contributed by atoms with Crippen LogP contribution in [0.4, 0.5) is 0 Å². The van der Waals surface area contributed by atoms with E-state index >= 15 is 0 Å². The number of hydrogen-bond donors (Lipinski definition) is 0. The average Bonchev–Trinajstić information content (AvgIpc) is 3.07. The number of rotatable bonds is 3. The van der Waals surface area contributed by atoms with Crippen LogP contribution in [0.2, 0.25) is 0 Å². The number of hydrogen-bond acceptors (Lipinski definition) is 4. The van der Waals surface area contributed by atoms with Crippen LogP contribution in [0.5, 0.6) is 0 Å². The van der Waals surface area contributed by atoms with E-state index in [-0.39, 0.29) is 0 Å². The van der Waals surface area contributed by atoms with E-state index < -0.39 is 0 Å². The smallest absolute Gasteiger partial charge is 0.177 e.